The Morgan fingerprint density at radius 1 is 1.50 bits per heavy atom. The summed E-state index contributed by atoms with van der Waals surface area (Å²) in [6, 6.07) is 5.95. The monoisotopic (exact) mass is 221 g/mol. The zero-order chi connectivity index (χ0) is 11.5. The predicted molar refractivity (Wildman–Crippen MR) is 64.1 cm³/mol. The van der Waals surface area contributed by atoms with E-state index in [0.717, 1.165) is 30.9 Å². The number of nitrogens with one attached hydrogen (secondary N) is 1. The number of rotatable bonds is 3. The minimum atomic E-state index is 0.354. The normalized spacial score (nSPS) is 19.3. The highest BCUT2D eigenvalue weighted by atomic mass is 16.5. The average Bonchev–Trinajstić information content (AvgIpc) is 2.26. The van der Waals surface area contributed by atoms with Crippen molar-refractivity contribution in [3.8, 4) is 11.5 Å². The Hall–Kier alpha value is -1.22. The minimum absolute atomic E-state index is 0.354. The van der Waals surface area contributed by atoms with E-state index in [9.17, 15) is 5.11 Å². The molecule has 0 aromatic heterocycles. The van der Waals surface area contributed by atoms with E-state index < -0.39 is 0 Å². The molecule has 1 aliphatic rings. The van der Waals surface area contributed by atoms with E-state index in [2.05, 4.69) is 19.2 Å². The van der Waals surface area contributed by atoms with E-state index >= 15 is 0 Å². The molecule has 0 saturated carbocycles. The molecule has 3 heteroatoms. The van der Waals surface area contributed by atoms with Crippen LogP contribution in [0, 0.1) is 0 Å². The molecule has 0 amide bonds. The van der Waals surface area contributed by atoms with Crippen molar-refractivity contribution >= 4 is 0 Å². The van der Waals surface area contributed by atoms with Crippen molar-refractivity contribution in [1.82, 2.24) is 5.32 Å². The fraction of sp³-hybridized carbons (Fsp3) is 0.538. The number of phenols is 1. The molecule has 1 heterocycles. The Kier molecular flexibility index (Phi) is 3.34. The Morgan fingerprint density at radius 2 is 2.31 bits per heavy atom. The fourth-order valence-corrected chi connectivity index (χ4v) is 2.11. The van der Waals surface area contributed by atoms with Gasteiger partial charge in [-0.2, -0.15) is 0 Å². The van der Waals surface area contributed by atoms with Gasteiger partial charge in [0.05, 0.1) is 6.61 Å². The van der Waals surface area contributed by atoms with Gasteiger partial charge in [0.25, 0.3) is 0 Å². The highest BCUT2D eigenvalue weighted by molar-refractivity contribution is 5.47. The summed E-state index contributed by atoms with van der Waals surface area (Å²) in [4.78, 5) is 0. The third kappa shape index (κ3) is 2.30. The first-order valence-electron chi connectivity index (χ1n) is 5.86. The number of aromatic hydroxyl groups is 1. The van der Waals surface area contributed by atoms with Gasteiger partial charge in [0, 0.05) is 24.1 Å². The zero-order valence-corrected chi connectivity index (χ0v) is 9.86. The molecular formula is C13H19NO2. The maximum atomic E-state index is 9.88. The van der Waals surface area contributed by atoms with Crippen molar-refractivity contribution in [3.63, 3.8) is 0 Å². The van der Waals surface area contributed by atoms with Crippen molar-refractivity contribution in [2.24, 2.45) is 0 Å². The lowest BCUT2D eigenvalue weighted by atomic mass is 9.92. The van der Waals surface area contributed by atoms with Crippen molar-refractivity contribution in [2.75, 3.05) is 13.2 Å². The van der Waals surface area contributed by atoms with Crippen LogP contribution in [0.3, 0.4) is 0 Å². The number of hydrogen-bond donors (Lipinski definition) is 2. The number of hydrogen-bond acceptors (Lipinski definition) is 3. The quantitative estimate of drug-likeness (QED) is 0.822. The molecule has 0 spiro atoms. The smallest absolute Gasteiger partial charge is 0.126 e. The lowest BCUT2D eigenvalue weighted by molar-refractivity contribution is 0.258. The first-order valence-corrected chi connectivity index (χ1v) is 5.86. The largest absolute Gasteiger partial charge is 0.508 e. The van der Waals surface area contributed by atoms with Gasteiger partial charge in [0.15, 0.2) is 0 Å². The minimum Gasteiger partial charge on any atom is -0.508 e. The second kappa shape index (κ2) is 4.74. The summed E-state index contributed by atoms with van der Waals surface area (Å²) in [5.41, 5.74) is 0.960. The van der Waals surface area contributed by atoms with Crippen LogP contribution in [0.15, 0.2) is 18.2 Å². The van der Waals surface area contributed by atoms with Crippen LogP contribution >= 0.6 is 0 Å². The zero-order valence-electron chi connectivity index (χ0n) is 9.86. The Morgan fingerprint density at radius 3 is 3.06 bits per heavy atom. The Bertz CT molecular complexity index is 363. The molecule has 1 aromatic rings. The number of phenolic OH excluding ortho intramolecular Hbond substituents is 1. The number of fused-ring (bicyclic) bond motifs is 1. The first kappa shape index (κ1) is 11.3. The van der Waals surface area contributed by atoms with Gasteiger partial charge in [-0.25, -0.2) is 0 Å². The van der Waals surface area contributed by atoms with Crippen LogP contribution in [0.25, 0.3) is 0 Å². The van der Waals surface area contributed by atoms with Gasteiger partial charge in [0.2, 0.25) is 0 Å². The Labute approximate surface area is 96.4 Å². The summed E-state index contributed by atoms with van der Waals surface area (Å²) in [7, 11) is 0. The molecule has 0 aliphatic carbocycles. The average molecular weight is 221 g/mol. The van der Waals surface area contributed by atoms with Crippen molar-refractivity contribution in [3.05, 3.63) is 23.8 Å². The highest BCUT2D eigenvalue weighted by Gasteiger charge is 2.24. The number of benzene rings is 1. The van der Waals surface area contributed by atoms with Crippen LogP contribution in [0.4, 0.5) is 0 Å². The SMILES string of the molecule is CC(C)NCC1CCOc2cccc(O)c21. The standard InChI is InChI=1S/C13H19NO2/c1-9(2)14-8-10-6-7-16-12-5-3-4-11(15)13(10)12/h3-5,9-10,14-15H,6-8H2,1-2H3. The molecule has 0 saturated heterocycles. The van der Waals surface area contributed by atoms with Crippen molar-refractivity contribution < 1.29 is 9.84 Å². The van der Waals surface area contributed by atoms with Crippen LogP contribution in [-0.2, 0) is 0 Å². The van der Waals surface area contributed by atoms with Gasteiger partial charge in [-0.3, -0.25) is 0 Å². The van der Waals surface area contributed by atoms with E-state index in [0.29, 0.717) is 17.7 Å². The first-order chi connectivity index (χ1) is 7.68. The summed E-state index contributed by atoms with van der Waals surface area (Å²) in [5.74, 6) is 1.54. The van der Waals surface area contributed by atoms with Crippen LogP contribution in [0.1, 0.15) is 31.7 Å². The highest BCUT2D eigenvalue weighted by Crippen LogP contribution is 2.39. The summed E-state index contributed by atoms with van der Waals surface area (Å²) < 4.78 is 5.55. The predicted octanol–water partition coefficient (Wildman–Crippen LogP) is 2.26. The van der Waals surface area contributed by atoms with E-state index in [4.69, 9.17) is 4.74 Å². The maximum Gasteiger partial charge on any atom is 0.126 e. The van der Waals surface area contributed by atoms with E-state index in [1.807, 2.05) is 12.1 Å². The fourth-order valence-electron chi connectivity index (χ4n) is 2.11. The molecule has 1 atom stereocenters. The molecular weight excluding hydrogens is 202 g/mol. The lowest BCUT2D eigenvalue weighted by Crippen LogP contribution is -2.30. The van der Waals surface area contributed by atoms with Crippen LogP contribution in [-0.4, -0.2) is 24.3 Å². The van der Waals surface area contributed by atoms with Gasteiger partial charge in [-0.1, -0.05) is 19.9 Å². The molecule has 3 nitrogen and oxygen atoms in total. The summed E-state index contributed by atoms with van der Waals surface area (Å²) in [6.07, 6.45) is 0.963. The molecule has 88 valence electrons. The Balaban J connectivity index is 2.18. The molecule has 16 heavy (non-hydrogen) atoms. The molecule has 1 aliphatic heterocycles. The van der Waals surface area contributed by atoms with E-state index in [1.165, 1.54) is 0 Å². The topological polar surface area (TPSA) is 41.5 Å². The lowest BCUT2D eigenvalue weighted by Gasteiger charge is -2.27. The van der Waals surface area contributed by atoms with Crippen molar-refractivity contribution in [2.45, 2.75) is 32.2 Å². The summed E-state index contributed by atoms with van der Waals surface area (Å²) in [5, 5.41) is 13.3. The van der Waals surface area contributed by atoms with Crippen LogP contribution < -0.4 is 10.1 Å². The van der Waals surface area contributed by atoms with Gasteiger partial charge in [-0.05, 0) is 18.6 Å². The van der Waals surface area contributed by atoms with E-state index in [-0.39, 0.29) is 0 Å². The van der Waals surface area contributed by atoms with Gasteiger partial charge in [0.1, 0.15) is 11.5 Å². The molecule has 0 bridgehead atoms. The maximum absolute atomic E-state index is 9.88. The van der Waals surface area contributed by atoms with Crippen LogP contribution in [0.2, 0.25) is 0 Å². The summed E-state index contributed by atoms with van der Waals surface area (Å²) in [6.45, 7) is 5.89. The molecule has 1 unspecified atom stereocenters. The third-order valence-corrected chi connectivity index (χ3v) is 2.95. The second-order valence-corrected chi connectivity index (χ2v) is 4.59. The summed E-state index contributed by atoms with van der Waals surface area (Å²) >= 11 is 0. The molecule has 1 aromatic carbocycles. The van der Waals surface area contributed by atoms with Crippen LogP contribution in [0.5, 0.6) is 11.5 Å². The second-order valence-electron chi connectivity index (χ2n) is 4.59. The van der Waals surface area contributed by atoms with Gasteiger partial charge < -0.3 is 15.2 Å². The van der Waals surface area contributed by atoms with Crippen molar-refractivity contribution in [1.29, 1.82) is 0 Å². The number of ether oxygens (including phenoxy) is 1. The molecule has 0 fully saturated rings. The van der Waals surface area contributed by atoms with Gasteiger partial charge >= 0.3 is 0 Å². The van der Waals surface area contributed by atoms with Gasteiger partial charge in [-0.15, -0.1) is 0 Å². The molecule has 2 rings (SSSR count). The molecule has 2 N–H and O–H groups in total. The third-order valence-electron chi connectivity index (χ3n) is 2.95. The molecule has 0 radical (unpaired) electrons. The van der Waals surface area contributed by atoms with E-state index in [1.54, 1.807) is 6.07 Å².